The molecule has 0 saturated carbocycles. The highest BCUT2D eigenvalue weighted by molar-refractivity contribution is 6.13. The summed E-state index contributed by atoms with van der Waals surface area (Å²) >= 11 is 0. The molecule has 1 saturated heterocycles. The maximum absolute atomic E-state index is 13.0. The number of hydrogen-bond acceptors (Lipinski definition) is 3. The largest absolute Gasteiger partial charge is 0.497 e. The molecule has 2 aromatic rings. The van der Waals surface area contributed by atoms with Crippen molar-refractivity contribution in [3.8, 4) is 5.75 Å². The van der Waals surface area contributed by atoms with Crippen LogP contribution in [-0.4, -0.2) is 26.0 Å². The zero-order valence-electron chi connectivity index (χ0n) is 14.1. The van der Waals surface area contributed by atoms with Crippen LogP contribution in [0, 0.1) is 5.82 Å². The first-order valence-electron chi connectivity index (χ1n) is 8.22. The van der Waals surface area contributed by atoms with Gasteiger partial charge in [-0.2, -0.15) is 0 Å². The number of halogens is 1. The summed E-state index contributed by atoms with van der Waals surface area (Å²) in [6.07, 6.45) is 4.39. The molecule has 3 nitrogen and oxygen atoms in total. The van der Waals surface area contributed by atoms with Crippen LogP contribution < -0.4 is 10.1 Å². The van der Waals surface area contributed by atoms with Crippen LogP contribution in [-0.2, 0) is 4.79 Å². The highest BCUT2D eigenvalue weighted by atomic mass is 19.1. The molecular weight excluding hydrogens is 317 g/mol. The van der Waals surface area contributed by atoms with Crippen molar-refractivity contribution in [3.05, 3.63) is 76.6 Å². The van der Waals surface area contributed by atoms with Crippen LogP contribution in [0.5, 0.6) is 5.75 Å². The second kappa shape index (κ2) is 7.90. The summed E-state index contributed by atoms with van der Waals surface area (Å²) in [6.45, 7) is 1.27. The van der Waals surface area contributed by atoms with Crippen molar-refractivity contribution < 1.29 is 13.9 Å². The average molecular weight is 337 g/mol. The second-order valence-electron chi connectivity index (χ2n) is 5.92. The minimum Gasteiger partial charge on any atom is -0.497 e. The third kappa shape index (κ3) is 4.43. The Hall–Kier alpha value is -2.72. The molecule has 4 heteroatoms. The number of rotatable bonds is 3. The molecule has 1 fully saturated rings. The van der Waals surface area contributed by atoms with Crippen LogP contribution in [0.2, 0.25) is 0 Å². The van der Waals surface area contributed by atoms with Crippen LogP contribution in [0.4, 0.5) is 4.39 Å². The molecule has 25 heavy (non-hydrogen) atoms. The Kier molecular flexibility index (Phi) is 5.41. The minimum atomic E-state index is -0.281. The van der Waals surface area contributed by atoms with Crippen LogP contribution in [0.3, 0.4) is 0 Å². The number of nitrogens with one attached hydrogen (secondary N) is 1. The molecule has 0 aromatic heterocycles. The molecule has 1 N–H and O–H groups in total. The fraction of sp³-hybridized carbons (Fsp3) is 0.190. The molecule has 2 aromatic carbocycles. The van der Waals surface area contributed by atoms with Gasteiger partial charge in [-0.15, -0.1) is 0 Å². The normalized spacial score (nSPS) is 18.4. The summed E-state index contributed by atoms with van der Waals surface area (Å²) in [5.41, 5.74) is 3.23. The van der Waals surface area contributed by atoms with Crippen molar-refractivity contribution >= 4 is 17.9 Å². The molecule has 0 aliphatic carbocycles. The predicted octanol–water partition coefficient (Wildman–Crippen LogP) is 3.86. The monoisotopic (exact) mass is 337 g/mol. The quantitative estimate of drug-likeness (QED) is 0.864. The van der Waals surface area contributed by atoms with Crippen molar-refractivity contribution in [2.45, 2.75) is 6.42 Å². The summed E-state index contributed by atoms with van der Waals surface area (Å²) in [7, 11) is 1.62. The zero-order valence-corrected chi connectivity index (χ0v) is 14.1. The van der Waals surface area contributed by atoms with Gasteiger partial charge >= 0.3 is 0 Å². The molecule has 0 spiro atoms. The van der Waals surface area contributed by atoms with Crippen LogP contribution in [0.1, 0.15) is 17.5 Å². The van der Waals surface area contributed by atoms with Gasteiger partial charge in [-0.1, -0.05) is 24.3 Å². The van der Waals surface area contributed by atoms with Gasteiger partial charge in [-0.05, 0) is 60.5 Å². The molecule has 128 valence electrons. The lowest BCUT2D eigenvalue weighted by Gasteiger charge is -2.06. The highest BCUT2D eigenvalue weighted by Gasteiger charge is 2.18. The smallest absolute Gasteiger partial charge is 0.186 e. The van der Waals surface area contributed by atoms with Crippen molar-refractivity contribution in [2.75, 3.05) is 20.2 Å². The van der Waals surface area contributed by atoms with Crippen molar-refractivity contribution in [1.82, 2.24) is 5.32 Å². The van der Waals surface area contributed by atoms with E-state index in [1.807, 2.05) is 36.4 Å². The maximum atomic E-state index is 13.0. The molecule has 1 heterocycles. The Morgan fingerprint density at radius 3 is 2.20 bits per heavy atom. The summed E-state index contributed by atoms with van der Waals surface area (Å²) < 4.78 is 18.2. The zero-order chi connectivity index (χ0) is 17.6. The number of carbonyl (C=O) groups is 1. The van der Waals surface area contributed by atoms with Gasteiger partial charge in [0, 0.05) is 17.7 Å². The molecule has 0 bridgehead atoms. The van der Waals surface area contributed by atoms with Gasteiger partial charge < -0.3 is 10.1 Å². The number of methoxy groups -OCH3 is 1. The molecule has 0 radical (unpaired) electrons. The van der Waals surface area contributed by atoms with Gasteiger partial charge in [0.25, 0.3) is 0 Å². The van der Waals surface area contributed by atoms with Crippen LogP contribution in [0.25, 0.3) is 12.2 Å². The van der Waals surface area contributed by atoms with Crippen molar-refractivity contribution in [2.24, 2.45) is 0 Å². The number of carbonyl (C=O) groups excluding carboxylic acids is 1. The summed E-state index contributed by atoms with van der Waals surface area (Å²) in [4.78, 5) is 12.9. The topological polar surface area (TPSA) is 38.3 Å². The standard InChI is InChI=1S/C21H20FNO2/c1-25-20-8-4-16(5-9-20)13-18-14-23-11-10-17(21(18)24)12-15-2-6-19(22)7-3-15/h2-9,12-13,23H,10-11,14H2,1H3/b17-12+,18-13+. The van der Waals surface area contributed by atoms with E-state index in [0.29, 0.717) is 13.0 Å². The SMILES string of the molecule is COc1ccc(/C=C2\CNCC/C(=C\c3ccc(F)cc3)C2=O)cc1. The van der Waals surface area contributed by atoms with E-state index in [4.69, 9.17) is 4.74 Å². The lowest BCUT2D eigenvalue weighted by atomic mass is 9.98. The van der Waals surface area contributed by atoms with E-state index in [1.54, 1.807) is 19.2 Å². The van der Waals surface area contributed by atoms with Gasteiger partial charge in [0.05, 0.1) is 7.11 Å². The average Bonchev–Trinajstić information content (AvgIpc) is 2.80. The first-order valence-corrected chi connectivity index (χ1v) is 8.22. The summed E-state index contributed by atoms with van der Waals surface area (Å²) in [5.74, 6) is 0.533. The predicted molar refractivity (Wildman–Crippen MR) is 97.8 cm³/mol. The third-order valence-corrected chi connectivity index (χ3v) is 4.14. The first-order chi connectivity index (χ1) is 12.2. The second-order valence-corrected chi connectivity index (χ2v) is 5.92. The molecule has 0 atom stereocenters. The Bertz CT molecular complexity index is 805. The van der Waals surface area contributed by atoms with E-state index in [9.17, 15) is 9.18 Å². The van der Waals surface area contributed by atoms with Crippen molar-refractivity contribution in [1.29, 1.82) is 0 Å². The number of benzene rings is 2. The van der Waals surface area contributed by atoms with E-state index >= 15 is 0 Å². The number of ether oxygens (including phenoxy) is 1. The Balaban J connectivity index is 1.88. The lowest BCUT2D eigenvalue weighted by Crippen LogP contribution is -2.16. The van der Waals surface area contributed by atoms with E-state index in [1.165, 1.54) is 12.1 Å². The van der Waals surface area contributed by atoms with E-state index in [0.717, 1.165) is 34.6 Å². The maximum Gasteiger partial charge on any atom is 0.186 e. The molecule has 1 aliphatic rings. The van der Waals surface area contributed by atoms with Crippen LogP contribution >= 0.6 is 0 Å². The first kappa shape index (κ1) is 17.1. The van der Waals surface area contributed by atoms with Gasteiger partial charge in [0.1, 0.15) is 11.6 Å². The van der Waals surface area contributed by atoms with Gasteiger partial charge in [0.15, 0.2) is 5.78 Å². The number of ketones is 1. The third-order valence-electron chi connectivity index (χ3n) is 4.14. The lowest BCUT2D eigenvalue weighted by molar-refractivity contribution is -0.112. The van der Waals surface area contributed by atoms with Crippen molar-refractivity contribution in [3.63, 3.8) is 0 Å². The Morgan fingerprint density at radius 1 is 0.960 bits per heavy atom. The fourth-order valence-electron chi connectivity index (χ4n) is 2.76. The van der Waals surface area contributed by atoms with Crippen LogP contribution in [0.15, 0.2) is 59.7 Å². The fourth-order valence-corrected chi connectivity index (χ4v) is 2.76. The Labute approximate surface area is 146 Å². The molecule has 0 unspecified atom stereocenters. The number of Topliss-reactive ketones (excluding diaryl/α,β-unsaturated/α-hetero) is 1. The summed E-state index contributed by atoms with van der Waals surface area (Å²) in [6, 6.07) is 13.8. The number of hydrogen-bond donors (Lipinski definition) is 1. The highest BCUT2D eigenvalue weighted by Crippen LogP contribution is 2.20. The minimum absolute atomic E-state index is 0.0325. The Morgan fingerprint density at radius 2 is 1.56 bits per heavy atom. The molecule has 0 amide bonds. The van der Waals surface area contributed by atoms with Gasteiger partial charge in [0.2, 0.25) is 0 Å². The van der Waals surface area contributed by atoms with E-state index in [2.05, 4.69) is 5.32 Å². The molecule has 3 rings (SSSR count). The van der Waals surface area contributed by atoms with E-state index < -0.39 is 0 Å². The van der Waals surface area contributed by atoms with Gasteiger partial charge in [-0.25, -0.2) is 4.39 Å². The van der Waals surface area contributed by atoms with Gasteiger partial charge in [-0.3, -0.25) is 4.79 Å². The molecular formula is C21H20FNO2. The van der Waals surface area contributed by atoms with E-state index in [-0.39, 0.29) is 11.6 Å². The summed E-state index contributed by atoms with van der Waals surface area (Å²) in [5, 5.41) is 3.28. The molecule has 1 aliphatic heterocycles.